The van der Waals surface area contributed by atoms with Gasteiger partial charge in [-0.15, -0.1) is 0 Å². The number of hydrogen-bond acceptors (Lipinski definition) is 2. The fourth-order valence-corrected chi connectivity index (χ4v) is 1.13. The van der Waals surface area contributed by atoms with Crippen molar-refractivity contribution < 1.29 is 10.2 Å². The zero-order chi connectivity index (χ0) is 9.14. The molecule has 0 bridgehead atoms. The third kappa shape index (κ3) is 1.66. The van der Waals surface area contributed by atoms with Crippen molar-refractivity contribution in [2.24, 2.45) is 0 Å². The predicted octanol–water partition coefficient (Wildman–Crippen LogP) is 1.71. The highest BCUT2D eigenvalue weighted by atomic mass is 16.3. The molecule has 0 aromatic heterocycles. The molecule has 64 valence electrons. The van der Waals surface area contributed by atoms with Crippen molar-refractivity contribution >= 4 is 5.57 Å². The monoisotopic (exact) mass is 164 g/mol. The number of benzene rings is 1. The minimum absolute atomic E-state index is 0.0500. The zero-order valence-electron chi connectivity index (χ0n) is 7.04. The molecule has 2 nitrogen and oxygen atoms in total. The highest BCUT2D eigenvalue weighted by molar-refractivity contribution is 5.67. The molecule has 0 spiro atoms. The van der Waals surface area contributed by atoms with E-state index >= 15 is 0 Å². The van der Waals surface area contributed by atoms with E-state index in [1.165, 1.54) is 0 Å². The van der Waals surface area contributed by atoms with E-state index < -0.39 is 0 Å². The second-order valence-corrected chi connectivity index (χ2v) is 2.76. The van der Waals surface area contributed by atoms with Crippen LogP contribution in [0.25, 0.3) is 5.57 Å². The molecular formula is C10H12O2. The topological polar surface area (TPSA) is 40.5 Å². The molecule has 0 aliphatic rings. The lowest BCUT2D eigenvalue weighted by Gasteiger charge is -2.06. The van der Waals surface area contributed by atoms with Crippen LogP contribution in [0.3, 0.4) is 0 Å². The van der Waals surface area contributed by atoms with Crippen LogP contribution in [-0.4, -0.2) is 16.8 Å². The summed E-state index contributed by atoms with van der Waals surface area (Å²) < 4.78 is 0. The Bertz CT molecular complexity index is 303. The number of aliphatic hydroxyl groups excluding tert-OH is 1. The van der Waals surface area contributed by atoms with Gasteiger partial charge in [0.05, 0.1) is 6.61 Å². The molecule has 0 fully saturated rings. The van der Waals surface area contributed by atoms with Gasteiger partial charge in [-0.1, -0.05) is 12.6 Å². The number of phenolic OH excluding ortho intramolecular Hbond substituents is 1. The number of phenols is 1. The van der Waals surface area contributed by atoms with Crippen molar-refractivity contribution in [3.8, 4) is 5.75 Å². The van der Waals surface area contributed by atoms with Crippen LogP contribution in [0.1, 0.15) is 11.1 Å². The van der Waals surface area contributed by atoms with Gasteiger partial charge in [0.1, 0.15) is 5.75 Å². The summed E-state index contributed by atoms with van der Waals surface area (Å²) in [4.78, 5) is 0. The van der Waals surface area contributed by atoms with Gasteiger partial charge in [0, 0.05) is 0 Å². The number of aromatic hydroxyl groups is 1. The molecule has 0 unspecified atom stereocenters. The van der Waals surface area contributed by atoms with Crippen LogP contribution >= 0.6 is 0 Å². The number of hydrogen-bond donors (Lipinski definition) is 2. The van der Waals surface area contributed by atoms with Crippen molar-refractivity contribution in [1.29, 1.82) is 0 Å². The average molecular weight is 164 g/mol. The van der Waals surface area contributed by atoms with Crippen molar-refractivity contribution in [1.82, 2.24) is 0 Å². The Hall–Kier alpha value is -1.28. The van der Waals surface area contributed by atoms with Gasteiger partial charge in [0.25, 0.3) is 0 Å². The van der Waals surface area contributed by atoms with Gasteiger partial charge in [-0.2, -0.15) is 0 Å². The molecule has 1 aromatic carbocycles. The van der Waals surface area contributed by atoms with Gasteiger partial charge in [-0.25, -0.2) is 0 Å². The standard InChI is InChI=1S/C10H12O2/c1-7-5-9(12)3-4-10(7)8(2)6-11/h3-5,11-12H,2,6H2,1H3. The van der Waals surface area contributed by atoms with Crippen LogP contribution in [0.4, 0.5) is 0 Å². The maximum Gasteiger partial charge on any atom is 0.115 e. The highest BCUT2D eigenvalue weighted by Crippen LogP contribution is 2.20. The van der Waals surface area contributed by atoms with E-state index in [0.29, 0.717) is 5.57 Å². The average Bonchev–Trinajstić information content (AvgIpc) is 2.03. The molecule has 2 N–H and O–H groups in total. The SMILES string of the molecule is C=C(CO)c1ccc(O)cc1C. The van der Waals surface area contributed by atoms with Crippen LogP contribution in [0, 0.1) is 6.92 Å². The van der Waals surface area contributed by atoms with Crippen molar-refractivity contribution in [3.05, 3.63) is 35.9 Å². The summed E-state index contributed by atoms with van der Waals surface area (Å²) in [6.07, 6.45) is 0. The summed E-state index contributed by atoms with van der Waals surface area (Å²) in [5.41, 5.74) is 2.50. The van der Waals surface area contributed by atoms with Gasteiger partial charge >= 0.3 is 0 Å². The maximum absolute atomic E-state index is 9.10. The Labute approximate surface area is 71.8 Å². The van der Waals surface area contributed by atoms with Crippen LogP contribution in [0.5, 0.6) is 5.75 Å². The second-order valence-electron chi connectivity index (χ2n) is 2.76. The van der Waals surface area contributed by atoms with Crippen LogP contribution < -0.4 is 0 Å². The minimum atomic E-state index is -0.0500. The summed E-state index contributed by atoms with van der Waals surface area (Å²) in [5.74, 6) is 0.238. The first kappa shape index (κ1) is 8.81. The smallest absolute Gasteiger partial charge is 0.115 e. The summed E-state index contributed by atoms with van der Waals surface area (Å²) in [7, 11) is 0. The Balaban J connectivity index is 3.09. The zero-order valence-corrected chi connectivity index (χ0v) is 7.04. The molecule has 2 heteroatoms. The Kier molecular flexibility index (Phi) is 2.51. The second kappa shape index (κ2) is 3.41. The van der Waals surface area contributed by atoms with Crippen LogP contribution in [0.2, 0.25) is 0 Å². The van der Waals surface area contributed by atoms with Crippen molar-refractivity contribution in [2.75, 3.05) is 6.61 Å². The lowest BCUT2D eigenvalue weighted by Crippen LogP contribution is -1.91. The van der Waals surface area contributed by atoms with Crippen LogP contribution in [0.15, 0.2) is 24.8 Å². The largest absolute Gasteiger partial charge is 0.508 e. The quantitative estimate of drug-likeness (QED) is 0.698. The summed E-state index contributed by atoms with van der Waals surface area (Å²) in [6, 6.07) is 4.99. The molecular weight excluding hydrogens is 152 g/mol. The van der Waals surface area contributed by atoms with E-state index in [1.807, 2.05) is 6.92 Å². The van der Waals surface area contributed by atoms with E-state index in [-0.39, 0.29) is 12.4 Å². The molecule has 0 heterocycles. The summed E-state index contributed by atoms with van der Waals surface area (Å²) >= 11 is 0. The fraction of sp³-hybridized carbons (Fsp3) is 0.200. The first-order chi connectivity index (χ1) is 5.65. The van der Waals surface area contributed by atoms with E-state index in [1.54, 1.807) is 18.2 Å². The minimum Gasteiger partial charge on any atom is -0.508 e. The normalized spacial score (nSPS) is 9.83. The predicted molar refractivity (Wildman–Crippen MR) is 49.0 cm³/mol. The summed E-state index contributed by atoms with van der Waals surface area (Å²) in [5, 5.41) is 17.9. The number of rotatable bonds is 2. The Morgan fingerprint density at radius 2 is 2.17 bits per heavy atom. The van der Waals surface area contributed by atoms with Crippen molar-refractivity contribution in [3.63, 3.8) is 0 Å². The molecule has 0 aliphatic heterocycles. The first-order valence-corrected chi connectivity index (χ1v) is 3.73. The molecule has 0 saturated heterocycles. The van der Waals surface area contributed by atoms with Gasteiger partial charge < -0.3 is 10.2 Å². The first-order valence-electron chi connectivity index (χ1n) is 3.73. The lowest BCUT2D eigenvalue weighted by atomic mass is 10.0. The molecule has 0 saturated carbocycles. The molecule has 0 radical (unpaired) electrons. The fourth-order valence-electron chi connectivity index (χ4n) is 1.13. The number of aryl methyl sites for hydroxylation is 1. The van der Waals surface area contributed by atoms with E-state index in [4.69, 9.17) is 10.2 Å². The van der Waals surface area contributed by atoms with Gasteiger partial charge in [-0.3, -0.25) is 0 Å². The molecule has 12 heavy (non-hydrogen) atoms. The van der Waals surface area contributed by atoms with Crippen LogP contribution in [-0.2, 0) is 0 Å². The van der Waals surface area contributed by atoms with Crippen molar-refractivity contribution in [2.45, 2.75) is 6.92 Å². The van der Waals surface area contributed by atoms with Gasteiger partial charge in [0.2, 0.25) is 0 Å². The van der Waals surface area contributed by atoms with E-state index in [2.05, 4.69) is 6.58 Å². The van der Waals surface area contributed by atoms with Gasteiger partial charge in [-0.05, 0) is 35.8 Å². The molecule has 0 amide bonds. The molecule has 1 aromatic rings. The third-order valence-electron chi connectivity index (χ3n) is 1.78. The third-order valence-corrected chi connectivity index (χ3v) is 1.78. The maximum atomic E-state index is 9.10. The number of aliphatic hydroxyl groups is 1. The molecule has 0 aliphatic carbocycles. The Morgan fingerprint density at radius 3 is 2.67 bits per heavy atom. The van der Waals surface area contributed by atoms with E-state index in [0.717, 1.165) is 11.1 Å². The molecule has 0 atom stereocenters. The lowest BCUT2D eigenvalue weighted by molar-refractivity contribution is 0.350. The van der Waals surface area contributed by atoms with E-state index in [9.17, 15) is 0 Å². The van der Waals surface area contributed by atoms with Gasteiger partial charge in [0.15, 0.2) is 0 Å². The summed E-state index contributed by atoms with van der Waals surface area (Å²) in [6.45, 7) is 5.52. The molecule has 1 rings (SSSR count). The Morgan fingerprint density at radius 1 is 1.50 bits per heavy atom. The highest BCUT2D eigenvalue weighted by Gasteiger charge is 2.01.